The molecular weight excluding hydrogens is 435 g/mol. The standard InChI is InChI=1S/C25H27FN6O2/c1-31(2)12-5-8-23(33)29-22-10-9-17(14-20(22)26)24(34)32-13-11-19(16-32)28-25-27-15-18-6-3-4-7-21(18)30-25/h3-10,14-15,19H,11-13,16H2,1-2H3,(H,29,33)(H,27,28,30)/b8-5+/t19-/m0/s1. The summed E-state index contributed by atoms with van der Waals surface area (Å²) in [5, 5.41) is 6.75. The summed E-state index contributed by atoms with van der Waals surface area (Å²) in [6, 6.07) is 11.8. The number of aromatic nitrogens is 2. The van der Waals surface area contributed by atoms with E-state index in [4.69, 9.17) is 0 Å². The van der Waals surface area contributed by atoms with E-state index in [-0.39, 0.29) is 23.2 Å². The molecule has 0 spiro atoms. The average Bonchev–Trinajstić information content (AvgIpc) is 3.28. The maximum absolute atomic E-state index is 14.6. The highest BCUT2D eigenvalue weighted by molar-refractivity contribution is 6.00. The molecule has 1 aromatic heterocycles. The molecule has 0 bridgehead atoms. The van der Waals surface area contributed by atoms with Crippen LogP contribution in [0.3, 0.4) is 0 Å². The van der Waals surface area contributed by atoms with Crippen LogP contribution < -0.4 is 10.6 Å². The first kappa shape index (κ1) is 23.3. The van der Waals surface area contributed by atoms with Gasteiger partial charge in [-0.2, -0.15) is 0 Å². The van der Waals surface area contributed by atoms with Crippen molar-refractivity contribution in [1.29, 1.82) is 0 Å². The number of amides is 2. The number of nitrogens with one attached hydrogen (secondary N) is 2. The van der Waals surface area contributed by atoms with Crippen molar-refractivity contribution in [1.82, 2.24) is 19.8 Å². The number of hydrogen-bond acceptors (Lipinski definition) is 6. The highest BCUT2D eigenvalue weighted by atomic mass is 19.1. The Morgan fingerprint density at radius 3 is 2.85 bits per heavy atom. The molecule has 3 aromatic rings. The number of anilines is 2. The third-order valence-corrected chi connectivity index (χ3v) is 5.51. The van der Waals surface area contributed by atoms with Crippen LogP contribution in [0.1, 0.15) is 16.8 Å². The molecule has 176 valence electrons. The molecule has 0 unspecified atom stereocenters. The Labute approximate surface area is 197 Å². The average molecular weight is 463 g/mol. The largest absolute Gasteiger partial charge is 0.350 e. The highest BCUT2D eigenvalue weighted by Gasteiger charge is 2.28. The van der Waals surface area contributed by atoms with Crippen molar-refractivity contribution < 1.29 is 14.0 Å². The molecule has 2 aromatic carbocycles. The topological polar surface area (TPSA) is 90.5 Å². The summed E-state index contributed by atoms with van der Waals surface area (Å²) >= 11 is 0. The van der Waals surface area contributed by atoms with Crippen LogP contribution in [0.4, 0.5) is 16.0 Å². The predicted molar refractivity (Wildman–Crippen MR) is 130 cm³/mol. The first-order valence-electron chi connectivity index (χ1n) is 11.1. The quantitative estimate of drug-likeness (QED) is 0.525. The lowest BCUT2D eigenvalue weighted by Crippen LogP contribution is -2.32. The van der Waals surface area contributed by atoms with Crippen LogP contribution in [0.15, 0.2) is 60.8 Å². The van der Waals surface area contributed by atoms with Crippen LogP contribution in [0.25, 0.3) is 10.9 Å². The van der Waals surface area contributed by atoms with Gasteiger partial charge in [-0.05, 0) is 44.8 Å². The van der Waals surface area contributed by atoms with E-state index in [2.05, 4.69) is 20.6 Å². The van der Waals surface area contributed by atoms with E-state index in [1.807, 2.05) is 43.3 Å². The van der Waals surface area contributed by atoms with Crippen molar-refractivity contribution in [2.45, 2.75) is 12.5 Å². The van der Waals surface area contributed by atoms with E-state index in [0.717, 1.165) is 23.4 Å². The van der Waals surface area contributed by atoms with Gasteiger partial charge in [0.2, 0.25) is 11.9 Å². The molecule has 0 aliphatic carbocycles. The van der Waals surface area contributed by atoms with Crippen molar-refractivity contribution in [3.05, 3.63) is 72.2 Å². The Morgan fingerprint density at radius 1 is 1.24 bits per heavy atom. The van der Waals surface area contributed by atoms with Gasteiger partial charge < -0.3 is 20.4 Å². The molecule has 0 saturated carbocycles. The van der Waals surface area contributed by atoms with Crippen LogP contribution in [-0.4, -0.2) is 71.4 Å². The Hall–Kier alpha value is -3.85. The van der Waals surface area contributed by atoms with E-state index in [9.17, 15) is 14.0 Å². The van der Waals surface area contributed by atoms with Gasteiger partial charge in [0.15, 0.2) is 0 Å². The van der Waals surface area contributed by atoms with Crippen LogP contribution in [-0.2, 0) is 4.79 Å². The number of rotatable bonds is 7. The molecule has 0 radical (unpaired) electrons. The number of nitrogens with zero attached hydrogens (tertiary/aromatic N) is 4. The number of hydrogen-bond donors (Lipinski definition) is 2. The predicted octanol–water partition coefficient (Wildman–Crippen LogP) is 3.15. The zero-order chi connectivity index (χ0) is 24.1. The molecule has 1 aliphatic rings. The molecule has 1 fully saturated rings. The SMILES string of the molecule is CN(C)C/C=C/C(=O)Nc1ccc(C(=O)N2CC[C@H](Nc3ncc4ccccc4n3)C2)cc1F. The maximum atomic E-state index is 14.6. The van der Waals surface area contributed by atoms with Gasteiger partial charge in [-0.15, -0.1) is 0 Å². The summed E-state index contributed by atoms with van der Waals surface area (Å²) in [4.78, 5) is 37.3. The van der Waals surface area contributed by atoms with Crippen molar-refractivity contribution in [2.24, 2.45) is 0 Å². The molecule has 1 saturated heterocycles. The molecule has 2 N–H and O–H groups in total. The second-order valence-corrected chi connectivity index (χ2v) is 8.48. The molecule has 1 atom stereocenters. The third kappa shape index (κ3) is 5.74. The molecule has 2 heterocycles. The minimum absolute atomic E-state index is 0.00229. The molecule has 34 heavy (non-hydrogen) atoms. The van der Waals surface area contributed by atoms with Crippen LogP contribution in [0.5, 0.6) is 0 Å². The number of fused-ring (bicyclic) bond motifs is 1. The molecule has 9 heteroatoms. The number of likely N-dealkylation sites (N-methyl/N-ethyl adjacent to an activating group) is 1. The minimum Gasteiger partial charge on any atom is -0.350 e. The summed E-state index contributed by atoms with van der Waals surface area (Å²) < 4.78 is 14.6. The van der Waals surface area contributed by atoms with Gasteiger partial charge in [-0.3, -0.25) is 9.59 Å². The van der Waals surface area contributed by atoms with E-state index in [1.54, 1.807) is 17.2 Å². The van der Waals surface area contributed by atoms with Crippen LogP contribution >= 0.6 is 0 Å². The Kier molecular flexibility index (Phi) is 7.12. The molecule has 8 nitrogen and oxygen atoms in total. The first-order chi connectivity index (χ1) is 16.4. The van der Waals surface area contributed by atoms with Gasteiger partial charge in [0.05, 0.1) is 11.2 Å². The maximum Gasteiger partial charge on any atom is 0.254 e. The number of halogens is 1. The Bertz CT molecular complexity index is 1230. The van der Waals surface area contributed by atoms with Gasteiger partial charge in [-0.25, -0.2) is 14.4 Å². The van der Waals surface area contributed by atoms with E-state index < -0.39 is 11.7 Å². The smallest absolute Gasteiger partial charge is 0.254 e. The highest BCUT2D eigenvalue weighted by Crippen LogP contribution is 2.21. The fraction of sp³-hybridized carbons (Fsp3) is 0.280. The zero-order valence-electron chi connectivity index (χ0n) is 19.2. The Morgan fingerprint density at radius 2 is 2.06 bits per heavy atom. The third-order valence-electron chi connectivity index (χ3n) is 5.51. The molecule has 1 aliphatic heterocycles. The van der Waals surface area contributed by atoms with E-state index in [1.165, 1.54) is 18.2 Å². The lowest BCUT2D eigenvalue weighted by molar-refractivity contribution is -0.111. The van der Waals surface area contributed by atoms with Crippen LogP contribution in [0, 0.1) is 5.82 Å². The van der Waals surface area contributed by atoms with Gasteiger partial charge in [0, 0.05) is 48.9 Å². The van der Waals surface area contributed by atoms with Crippen molar-refractivity contribution in [2.75, 3.05) is 44.4 Å². The van der Waals surface area contributed by atoms with Gasteiger partial charge in [-0.1, -0.05) is 24.3 Å². The Balaban J connectivity index is 1.35. The van der Waals surface area contributed by atoms with Crippen molar-refractivity contribution in [3.63, 3.8) is 0 Å². The van der Waals surface area contributed by atoms with Gasteiger partial charge >= 0.3 is 0 Å². The zero-order valence-corrected chi connectivity index (χ0v) is 19.2. The second-order valence-electron chi connectivity index (χ2n) is 8.48. The lowest BCUT2D eigenvalue weighted by atomic mass is 10.1. The van der Waals surface area contributed by atoms with Crippen molar-refractivity contribution in [3.8, 4) is 0 Å². The summed E-state index contributed by atoms with van der Waals surface area (Å²) in [6.45, 7) is 1.61. The summed E-state index contributed by atoms with van der Waals surface area (Å²) in [7, 11) is 3.76. The second kappa shape index (κ2) is 10.4. The normalized spacial score (nSPS) is 15.9. The lowest BCUT2D eigenvalue weighted by Gasteiger charge is -2.18. The van der Waals surface area contributed by atoms with Crippen LogP contribution in [0.2, 0.25) is 0 Å². The monoisotopic (exact) mass is 462 g/mol. The number of carbonyl (C=O) groups excluding carboxylic acids is 2. The van der Waals surface area contributed by atoms with E-state index >= 15 is 0 Å². The summed E-state index contributed by atoms with van der Waals surface area (Å²) in [5.41, 5.74) is 1.12. The first-order valence-corrected chi connectivity index (χ1v) is 11.1. The number of likely N-dealkylation sites (tertiary alicyclic amines) is 1. The van der Waals surface area contributed by atoms with Gasteiger partial charge in [0.25, 0.3) is 5.91 Å². The number of carbonyl (C=O) groups is 2. The molecule has 4 rings (SSSR count). The fourth-order valence-electron chi connectivity index (χ4n) is 3.76. The van der Waals surface area contributed by atoms with E-state index in [0.29, 0.717) is 25.6 Å². The molecule has 2 amide bonds. The number of para-hydroxylation sites is 1. The minimum atomic E-state index is -0.654. The number of benzene rings is 2. The fourth-order valence-corrected chi connectivity index (χ4v) is 3.76. The van der Waals surface area contributed by atoms with Crippen molar-refractivity contribution >= 4 is 34.4 Å². The summed E-state index contributed by atoms with van der Waals surface area (Å²) in [6.07, 6.45) is 5.54. The molecular formula is C25H27FN6O2. The van der Waals surface area contributed by atoms with Gasteiger partial charge in [0.1, 0.15) is 5.82 Å². The summed E-state index contributed by atoms with van der Waals surface area (Å²) in [5.74, 6) is -0.821.